The van der Waals surface area contributed by atoms with Gasteiger partial charge in [-0.15, -0.1) is 0 Å². The van der Waals surface area contributed by atoms with Gasteiger partial charge in [0.25, 0.3) is 10.2 Å². The van der Waals surface area contributed by atoms with Crippen molar-refractivity contribution in [3.05, 3.63) is 0 Å². The predicted octanol–water partition coefficient (Wildman–Crippen LogP) is -1.14. The Bertz CT molecular complexity index is 321. The molecular weight excluding hydrogens is 230 g/mol. The normalized spacial score (nSPS) is 28.8. The van der Waals surface area contributed by atoms with Crippen LogP contribution in [0.3, 0.4) is 0 Å². The van der Waals surface area contributed by atoms with E-state index in [1.807, 2.05) is 0 Å². The summed E-state index contributed by atoms with van der Waals surface area (Å²) >= 11 is 0. The molecule has 2 rings (SSSR count). The molecule has 7 heteroatoms. The van der Waals surface area contributed by atoms with Crippen molar-refractivity contribution in [3.63, 3.8) is 0 Å². The summed E-state index contributed by atoms with van der Waals surface area (Å²) in [6.45, 7) is 3.75. The summed E-state index contributed by atoms with van der Waals surface area (Å²) in [5.74, 6) is 0. The molecule has 6 nitrogen and oxygen atoms in total. The summed E-state index contributed by atoms with van der Waals surface area (Å²) < 4.78 is 32.7. The fourth-order valence-corrected chi connectivity index (χ4v) is 3.61. The first-order valence-corrected chi connectivity index (χ1v) is 7.03. The van der Waals surface area contributed by atoms with Gasteiger partial charge in [-0.25, -0.2) is 0 Å². The second kappa shape index (κ2) is 4.97. The molecule has 2 saturated heterocycles. The number of ether oxygens (including phenoxy) is 1. The van der Waals surface area contributed by atoms with Gasteiger partial charge in [0.05, 0.1) is 12.6 Å². The molecule has 0 amide bonds. The first-order valence-electron chi connectivity index (χ1n) is 5.64. The molecule has 0 spiro atoms. The summed E-state index contributed by atoms with van der Waals surface area (Å²) in [5.41, 5.74) is 0. The second-order valence-corrected chi connectivity index (χ2v) is 6.18. The highest BCUT2D eigenvalue weighted by molar-refractivity contribution is 7.86. The third kappa shape index (κ3) is 2.38. The quantitative estimate of drug-likeness (QED) is 0.686. The molecule has 0 aromatic heterocycles. The lowest BCUT2D eigenvalue weighted by atomic mass is 10.3. The molecule has 0 aliphatic carbocycles. The average molecular weight is 249 g/mol. The van der Waals surface area contributed by atoms with Gasteiger partial charge in [-0.3, -0.25) is 0 Å². The zero-order valence-electron chi connectivity index (χ0n) is 9.55. The van der Waals surface area contributed by atoms with Crippen LogP contribution in [0, 0.1) is 0 Å². The Morgan fingerprint density at radius 1 is 1.38 bits per heavy atom. The molecule has 0 radical (unpaired) electrons. The van der Waals surface area contributed by atoms with E-state index in [1.165, 1.54) is 4.31 Å². The van der Waals surface area contributed by atoms with Crippen molar-refractivity contribution in [3.8, 4) is 0 Å². The molecule has 94 valence electrons. The molecule has 16 heavy (non-hydrogen) atoms. The van der Waals surface area contributed by atoms with Gasteiger partial charge in [0.1, 0.15) is 0 Å². The minimum Gasteiger partial charge on any atom is -0.380 e. The molecule has 1 atom stereocenters. The van der Waals surface area contributed by atoms with E-state index in [0.717, 1.165) is 19.5 Å². The van der Waals surface area contributed by atoms with Crippen molar-refractivity contribution < 1.29 is 13.2 Å². The molecule has 2 aliphatic heterocycles. The monoisotopic (exact) mass is 249 g/mol. The summed E-state index contributed by atoms with van der Waals surface area (Å²) in [6.07, 6.45) is 0.793. The van der Waals surface area contributed by atoms with E-state index in [1.54, 1.807) is 11.4 Å². The van der Waals surface area contributed by atoms with E-state index in [2.05, 4.69) is 5.32 Å². The zero-order chi connectivity index (χ0) is 11.6. The van der Waals surface area contributed by atoms with Crippen molar-refractivity contribution in [2.75, 3.05) is 46.4 Å². The highest BCUT2D eigenvalue weighted by atomic mass is 32.2. The molecule has 2 heterocycles. The van der Waals surface area contributed by atoms with E-state index < -0.39 is 10.2 Å². The summed E-state index contributed by atoms with van der Waals surface area (Å²) in [6, 6.07) is -0.000106. The van der Waals surface area contributed by atoms with E-state index >= 15 is 0 Å². The van der Waals surface area contributed by atoms with Crippen LogP contribution < -0.4 is 5.32 Å². The van der Waals surface area contributed by atoms with Crippen LogP contribution in [0.25, 0.3) is 0 Å². The van der Waals surface area contributed by atoms with Crippen LogP contribution >= 0.6 is 0 Å². The van der Waals surface area contributed by atoms with Gasteiger partial charge in [-0.2, -0.15) is 17.0 Å². The standard InChI is InChI=1S/C9H19N3O3S/c1-11(9-2-7-15-8-9)16(13,14)12-5-3-10-4-6-12/h9-10H,2-8H2,1H3. The number of rotatable bonds is 3. The first-order chi connectivity index (χ1) is 7.62. The Morgan fingerprint density at radius 2 is 2.06 bits per heavy atom. The fourth-order valence-electron chi connectivity index (χ4n) is 2.05. The van der Waals surface area contributed by atoms with Crippen molar-refractivity contribution in [1.29, 1.82) is 0 Å². The SMILES string of the molecule is CN(C1CCOC1)S(=O)(=O)N1CCNCC1. The number of piperazine rings is 1. The van der Waals surface area contributed by atoms with Crippen molar-refractivity contribution in [2.24, 2.45) is 0 Å². The van der Waals surface area contributed by atoms with Gasteiger partial charge >= 0.3 is 0 Å². The van der Waals surface area contributed by atoms with E-state index in [4.69, 9.17) is 4.74 Å². The first kappa shape index (κ1) is 12.3. The minimum atomic E-state index is -3.30. The number of hydrogen-bond donors (Lipinski definition) is 1. The topological polar surface area (TPSA) is 61.9 Å². The van der Waals surface area contributed by atoms with Crippen molar-refractivity contribution >= 4 is 10.2 Å². The van der Waals surface area contributed by atoms with Gasteiger partial charge < -0.3 is 10.1 Å². The lowest BCUT2D eigenvalue weighted by Crippen LogP contribution is -2.53. The second-order valence-electron chi connectivity index (χ2n) is 4.19. The van der Waals surface area contributed by atoms with Gasteiger partial charge in [0, 0.05) is 39.8 Å². The van der Waals surface area contributed by atoms with Crippen molar-refractivity contribution in [1.82, 2.24) is 13.9 Å². The van der Waals surface area contributed by atoms with Crippen molar-refractivity contribution in [2.45, 2.75) is 12.5 Å². The fraction of sp³-hybridized carbons (Fsp3) is 1.00. The lowest BCUT2D eigenvalue weighted by molar-refractivity contribution is 0.178. The molecule has 2 fully saturated rings. The maximum Gasteiger partial charge on any atom is 0.282 e. The van der Waals surface area contributed by atoms with Gasteiger partial charge in [-0.1, -0.05) is 0 Å². The molecule has 0 bridgehead atoms. The summed E-state index contributed by atoms with van der Waals surface area (Å²) in [7, 11) is -1.65. The number of hydrogen-bond acceptors (Lipinski definition) is 4. The maximum absolute atomic E-state index is 12.2. The van der Waals surface area contributed by atoms with Gasteiger partial charge in [0.2, 0.25) is 0 Å². The van der Waals surface area contributed by atoms with Crippen LogP contribution in [0.4, 0.5) is 0 Å². The number of likely N-dealkylation sites (N-methyl/N-ethyl adjacent to an activating group) is 1. The largest absolute Gasteiger partial charge is 0.380 e. The zero-order valence-corrected chi connectivity index (χ0v) is 10.4. The number of nitrogens with one attached hydrogen (secondary N) is 1. The Kier molecular flexibility index (Phi) is 3.81. The van der Waals surface area contributed by atoms with Crippen LogP contribution in [0.15, 0.2) is 0 Å². The molecule has 1 unspecified atom stereocenters. The lowest BCUT2D eigenvalue weighted by Gasteiger charge is -2.32. The third-order valence-corrected chi connectivity index (χ3v) is 5.23. The predicted molar refractivity (Wildman–Crippen MR) is 60.3 cm³/mol. The summed E-state index contributed by atoms with van der Waals surface area (Å²) in [4.78, 5) is 0. The van der Waals surface area contributed by atoms with Gasteiger partial charge in [-0.05, 0) is 6.42 Å². The maximum atomic E-state index is 12.2. The Labute approximate surface area is 96.7 Å². The van der Waals surface area contributed by atoms with Crippen LogP contribution in [0.1, 0.15) is 6.42 Å². The van der Waals surface area contributed by atoms with E-state index in [-0.39, 0.29) is 6.04 Å². The van der Waals surface area contributed by atoms with Gasteiger partial charge in [0.15, 0.2) is 0 Å². The average Bonchev–Trinajstić information content (AvgIpc) is 2.82. The van der Waals surface area contributed by atoms with E-state index in [9.17, 15) is 8.42 Å². The third-order valence-electron chi connectivity index (χ3n) is 3.19. The minimum absolute atomic E-state index is 0.000106. The van der Waals surface area contributed by atoms with Crippen LogP contribution in [-0.4, -0.2) is 69.5 Å². The van der Waals surface area contributed by atoms with Crippen LogP contribution in [0.2, 0.25) is 0 Å². The molecule has 0 aromatic rings. The number of nitrogens with zero attached hydrogens (tertiary/aromatic N) is 2. The molecule has 2 aliphatic rings. The van der Waals surface area contributed by atoms with E-state index in [0.29, 0.717) is 26.3 Å². The highest BCUT2D eigenvalue weighted by Gasteiger charge is 2.34. The molecule has 0 aromatic carbocycles. The van der Waals surface area contributed by atoms with Crippen LogP contribution in [0.5, 0.6) is 0 Å². The Balaban J connectivity index is 2.04. The smallest absolute Gasteiger partial charge is 0.282 e. The summed E-state index contributed by atoms with van der Waals surface area (Å²) in [5, 5.41) is 3.15. The van der Waals surface area contributed by atoms with Crippen LogP contribution in [-0.2, 0) is 14.9 Å². The highest BCUT2D eigenvalue weighted by Crippen LogP contribution is 2.17. The molecular formula is C9H19N3O3S. The molecule has 1 N–H and O–H groups in total. The molecule has 0 saturated carbocycles. The Morgan fingerprint density at radius 3 is 2.62 bits per heavy atom. The Hall–Kier alpha value is -0.210.